The van der Waals surface area contributed by atoms with Gasteiger partial charge in [0.25, 0.3) is 0 Å². The van der Waals surface area contributed by atoms with Crippen LogP contribution in [-0.4, -0.2) is 12.8 Å². The zero-order valence-electron chi connectivity index (χ0n) is 32.0. The Morgan fingerprint density at radius 2 is 0.654 bits per heavy atom. The van der Waals surface area contributed by atoms with Crippen molar-refractivity contribution >= 4 is 22.8 Å². The van der Waals surface area contributed by atoms with E-state index in [1.165, 1.54) is 22.3 Å². The van der Waals surface area contributed by atoms with Gasteiger partial charge in [-0.1, -0.05) is 211 Å². The third kappa shape index (κ3) is 11.5. The van der Waals surface area contributed by atoms with E-state index < -0.39 is 0 Å². The fourth-order valence-corrected chi connectivity index (χ4v) is 5.21. The second-order valence-electron chi connectivity index (χ2n) is 11.6. The van der Waals surface area contributed by atoms with E-state index in [-0.39, 0.29) is 0 Å². The number of aliphatic imine (C=N–C) groups is 1. The maximum atomic E-state index is 5.97. The number of nitrogens with zero attached hydrogens (tertiary/aromatic N) is 1. The number of rotatable bonds is 9. The highest BCUT2D eigenvalue weighted by Crippen LogP contribution is 2.28. The molecule has 0 aliphatic heterocycles. The summed E-state index contributed by atoms with van der Waals surface area (Å²) in [5.74, 6) is 1.15. The van der Waals surface area contributed by atoms with Crippen molar-refractivity contribution in [2.24, 2.45) is 4.99 Å². The third-order valence-corrected chi connectivity index (χ3v) is 8.22. The quantitative estimate of drug-likeness (QED) is 0.110. The minimum atomic E-state index is 0.573. The van der Waals surface area contributed by atoms with Gasteiger partial charge in [-0.25, -0.2) is 0 Å². The molecule has 2 nitrogen and oxygen atoms in total. The molecule has 0 saturated carbocycles. The molecule has 6 rings (SSSR count). The lowest BCUT2D eigenvalue weighted by atomic mass is 10.0. The molecule has 0 radical (unpaired) electrons. The molecular weight excluding hydrogens is 631 g/mol. The minimum Gasteiger partial charge on any atom is -0.457 e. The van der Waals surface area contributed by atoms with Crippen LogP contribution in [0.3, 0.4) is 0 Å². The van der Waals surface area contributed by atoms with Crippen molar-refractivity contribution in [2.45, 2.75) is 41.5 Å². The fraction of sp³-hybridized carbons (Fsp3) is 0.140. The van der Waals surface area contributed by atoms with Gasteiger partial charge in [0.1, 0.15) is 11.5 Å². The van der Waals surface area contributed by atoms with E-state index in [1.54, 1.807) is 0 Å². The average molecular weight is 684 g/mol. The van der Waals surface area contributed by atoms with Gasteiger partial charge in [-0.3, -0.25) is 4.99 Å². The van der Waals surface area contributed by atoms with Crippen LogP contribution in [0.5, 0.6) is 0 Å². The molecule has 0 N–H and O–H groups in total. The lowest BCUT2D eigenvalue weighted by molar-refractivity contribution is 0.474. The first-order valence-electron chi connectivity index (χ1n) is 18.0. The number of hydrogen-bond acceptors (Lipinski definition) is 2. The van der Waals surface area contributed by atoms with Crippen LogP contribution < -0.4 is 0 Å². The maximum absolute atomic E-state index is 5.97. The zero-order chi connectivity index (χ0) is 37.9. The summed E-state index contributed by atoms with van der Waals surface area (Å²) < 4.78 is 5.97. The van der Waals surface area contributed by atoms with Gasteiger partial charge in [0.05, 0.1) is 0 Å². The van der Waals surface area contributed by atoms with Crippen molar-refractivity contribution in [3.05, 3.63) is 200 Å². The molecule has 0 atom stereocenters. The largest absolute Gasteiger partial charge is 0.457 e. The van der Waals surface area contributed by atoms with Crippen molar-refractivity contribution in [2.75, 3.05) is 7.05 Å². The van der Waals surface area contributed by atoms with Gasteiger partial charge in [-0.05, 0) is 58.4 Å². The summed E-state index contributed by atoms with van der Waals surface area (Å²) in [6.45, 7) is 24.2. The maximum Gasteiger partial charge on any atom is 0.127 e. The van der Waals surface area contributed by atoms with E-state index in [2.05, 4.69) is 134 Å². The third-order valence-electron chi connectivity index (χ3n) is 8.22. The van der Waals surface area contributed by atoms with Crippen molar-refractivity contribution in [3.63, 3.8) is 0 Å². The Bertz CT molecular complexity index is 2000. The topological polar surface area (TPSA) is 21.6 Å². The van der Waals surface area contributed by atoms with Gasteiger partial charge < -0.3 is 4.74 Å². The average Bonchev–Trinajstić information content (AvgIpc) is 3.23. The highest BCUT2D eigenvalue weighted by molar-refractivity contribution is 5.99. The summed E-state index contributed by atoms with van der Waals surface area (Å²) in [5, 5.41) is 0. The predicted molar refractivity (Wildman–Crippen MR) is 230 cm³/mol. The number of ether oxygens (including phenoxy) is 1. The predicted octanol–water partition coefficient (Wildman–Crippen LogP) is 14.6. The first kappa shape index (κ1) is 40.4. The number of benzene rings is 6. The van der Waals surface area contributed by atoms with Crippen LogP contribution in [0, 0.1) is 0 Å². The van der Waals surface area contributed by atoms with Gasteiger partial charge in [0, 0.05) is 23.9 Å². The first-order chi connectivity index (χ1) is 25.3. The van der Waals surface area contributed by atoms with Crippen LogP contribution in [0.25, 0.3) is 50.5 Å². The van der Waals surface area contributed by atoms with Crippen LogP contribution in [0.1, 0.15) is 63.8 Å². The van der Waals surface area contributed by atoms with E-state index in [0.29, 0.717) is 11.5 Å². The molecular formula is C50H53NO. The monoisotopic (exact) mass is 683 g/mol. The molecule has 6 aromatic rings. The minimum absolute atomic E-state index is 0.573. The summed E-state index contributed by atoms with van der Waals surface area (Å²) in [4.78, 5) is 4.24. The Morgan fingerprint density at radius 3 is 0.942 bits per heavy atom. The van der Waals surface area contributed by atoms with Crippen molar-refractivity contribution in [3.8, 4) is 33.4 Å². The van der Waals surface area contributed by atoms with E-state index in [1.807, 2.05) is 97.1 Å². The molecule has 0 saturated heterocycles. The lowest BCUT2D eigenvalue weighted by Crippen LogP contribution is -1.94. The van der Waals surface area contributed by atoms with Gasteiger partial charge >= 0.3 is 0 Å². The summed E-state index contributed by atoms with van der Waals surface area (Å²) in [6.07, 6.45) is 0. The SMILES string of the molecule is C=C(C)c1ccc(-c2ccccc2)cc1.C=C(OC(=C)c1ccc(-c2ccc(C(C)=NC)cc2)cc1)c1ccc(-c2ccccc2)cc1.CC.CC. The Hall–Kier alpha value is -5.99. The van der Waals surface area contributed by atoms with Crippen LogP contribution in [-0.2, 0) is 4.74 Å². The summed E-state index contributed by atoms with van der Waals surface area (Å²) in [6, 6.07) is 54.0. The summed E-state index contributed by atoms with van der Waals surface area (Å²) in [5.41, 5.74) is 13.5. The Morgan fingerprint density at radius 1 is 0.385 bits per heavy atom. The number of hydrogen-bond donors (Lipinski definition) is 0. The molecule has 6 aromatic carbocycles. The molecule has 2 heteroatoms. The highest BCUT2D eigenvalue weighted by atomic mass is 16.5. The van der Waals surface area contributed by atoms with E-state index in [0.717, 1.165) is 44.7 Å². The second-order valence-corrected chi connectivity index (χ2v) is 11.6. The standard InChI is InChI=1S/C31H27NO.C15H14.2C2H6/c1-22(32-4)25-10-16-30(17-11-25)31-20-14-27(15-21-31)24(3)33-23(2)26-12-18-29(19-13-26)28-8-6-5-7-9-28;1-12(2)13-8-10-15(11-9-13)14-6-4-3-5-7-14;2*1-2/h5-21H,2-3H2,1,4H3;3-11H,1H2,2H3;2*1-2H3. The molecule has 0 aliphatic rings. The molecule has 0 bridgehead atoms. The second kappa shape index (κ2) is 21.3. The van der Waals surface area contributed by atoms with E-state index in [9.17, 15) is 0 Å². The van der Waals surface area contributed by atoms with Gasteiger partial charge in [-0.15, -0.1) is 0 Å². The molecule has 52 heavy (non-hydrogen) atoms. The first-order valence-corrected chi connectivity index (χ1v) is 18.0. The Balaban J connectivity index is 0.000000320. The fourth-order valence-electron chi connectivity index (χ4n) is 5.21. The van der Waals surface area contributed by atoms with Gasteiger partial charge in [0.2, 0.25) is 0 Å². The molecule has 0 aliphatic carbocycles. The molecule has 0 spiro atoms. The molecule has 0 aromatic heterocycles. The van der Waals surface area contributed by atoms with Crippen LogP contribution in [0.2, 0.25) is 0 Å². The van der Waals surface area contributed by atoms with Crippen molar-refractivity contribution in [1.29, 1.82) is 0 Å². The molecule has 0 heterocycles. The number of allylic oxidation sites excluding steroid dienone is 1. The lowest BCUT2D eigenvalue weighted by Gasteiger charge is -2.13. The van der Waals surface area contributed by atoms with E-state index in [4.69, 9.17) is 4.74 Å². The van der Waals surface area contributed by atoms with Gasteiger partial charge in [-0.2, -0.15) is 0 Å². The van der Waals surface area contributed by atoms with Crippen LogP contribution in [0.4, 0.5) is 0 Å². The van der Waals surface area contributed by atoms with E-state index >= 15 is 0 Å². The zero-order valence-corrected chi connectivity index (χ0v) is 32.0. The normalized spacial score (nSPS) is 10.2. The molecule has 264 valence electrons. The highest BCUT2D eigenvalue weighted by Gasteiger charge is 2.08. The van der Waals surface area contributed by atoms with Crippen molar-refractivity contribution in [1.82, 2.24) is 0 Å². The summed E-state index contributed by atoms with van der Waals surface area (Å²) >= 11 is 0. The van der Waals surface area contributed by atoms with Gasteiger partial charge in [0.15, 0.2) is 0 Å². The molecule has 0 fully saturated rings. The molecule has 0 unspecified atom stereocenters. The Kier molecular flexibility index (Phi) is 16.5. The Labute approximate surface area is 313 Å². The molecule has 0 amide bonds. The van der Waals surface area contributed by atoms with Crippen LogP contribution in [0.15, 0.2) is 182 Å². The van der Waals surface area contributed by atoms with Crippen LogP contribution >= 0.6 is 0 Å². The van der Waals surface area contributed by atoms with Crippen molar-refractivity contribution < 1.29 is 4.74 Å². The summed E-state index contributed by atoms with van der Waals surface area (Å²) in [7, 11) is 1.81. The smallest absolute Gasteiger partial charge is 0.127 e.